The van der Waals surface area contributed by atoms with E-state index in [1.54, 1.807) is 17.1 Å². The molecule has 0 saturated carbocycles. The van der Waals surface area contributed by atoms with Crippen LogP contribution in [0.15, 0.2) is 49.1 Å². The van der Waals surface area contributed by atoms with Crippen LogP contribution in [0.1, 0.15) is 11.1 Å². The van der Waals surface area contributed by atoms with Gasteiger partial charge < -0.3 is 4.74 Å². The predicted octanol–water partition coefficient (Wildman–Crippen LogP) is 1.80. The van der Waals surface area contributed by atoms with Crippen molar-refractivity contribution in [1.29, 1.82) is 0 Å². The molecular formula is C17H14FN5O2. The minimum Gasteiger partial charge on any atom is -0.480 e. The molecule has 3 heterocycles. The Labute approximate surface area is 142 Å². The summed E-state index contributed by atoms with van der Waals surface area (Å²) in [5.74, 6) is 0.00574. The van der Waals surface area contributed by atoms with Crippen LogP contribution in [0, 0.1) is 5.82 Å². The normalized spacial score (nSPS) is 15.5. The molecule has 1 aromatic carbocycles. The molecule has 1 aliphatic heterocycles. The fourth-order valence-corrected chi connectivity index (χ4v) is 2.66. The van der Waals surface area contributed by atoms with Crippen LogP contribution in [0.3, 0.4) is 0 Å². The number of rotatable bonds is 4. The molecule has 7 nitrogen and oxygen atoms in total. The van der Waals surface area contributed by atoms with Crippen molar-refractivity contribution in [1.82, 2.24) is 19.7 Å². The van der Waals surface area contributed by atoms with Crippen molar-refractivity contribution in [3.63, 3.8) is 0 Å². The van der Waals surface area contributed by atoms with Gasteiger partial charge in [-0.3, -0.25) is 15.1 Å². The van der Waals surface area contributed by atoms with E-state index in [0.29, 0.717) is 24.3 Å². The minimum absolute atomic E-state index is 0.194. The number of amides is 1. The molecule has 1 aliphatic rings. The number of ether oxygens (including phenoxy) is 1. The molecule has 4 rings (SSSR count). The van der Waals surface area contributed by atoms with Crippen molar-refractivity contribution in [3.8, 4) is 5.75 Å². The summed E-state index contributed by atoms with van der Waals surface area (Å²) >= 11 is 0. The summed E-state index contributed by atoms with van der Waals surface area (Å²) < 4.78 is 20.4. The molecule has 1 amide bonds. The van der Waals surface area contributed by atoms with E-state index < -0.39 is 6.10 Å². The summed E-state index contributed by atoms with van der Waals surface area (Å²) in [7, 11) is 0. The van der Waals surface area contributed by atoms with Gasteiger partial charge in [-0.15, -0.1) is 5.10 Å². The highest BCUT2D eigenvalue weighted by atomic mass is 19.1. The zero-order valence-electron chi connectivity index (χ0n) is 13.1. The van der Waals surface area contributed by atoms with E-state index in [4.69, 9.17) is 4.74 Å². The third-order valence-electron chi connectivity index (χ3n) is 3.83. The zero-order chi connectivity index (χ0) is 17.2. The highest BCUT2D eigenvalue weighted by Crippen LogP contribution is 2.29. The molecule has 0 saturated heterocycles. The Hall–Kier alpha value is -3.29. The van der Waals surface area contributed by atoms with Crippen LogP contribution in [-0.4, -0.2) is 31.8 Å². The maximum absolute atomic E-state index is 13.2. The minimum atomic E-state index is -0.720. The van der Waals surface area contributed by atoms with E-state index in [0.717, 1.165) is 5.56 Å². The number of pyridine rings is 1. The maximum atomic E-state index is 13.2. The number of halogens is 1. The molecule has 2 aromatic heterocycles. The molecule has 1 N–H and O–H groups in total. The zero-order valence-corrected chi connectivity index (χ0v) is 13.1. The standard InChI is InChI=1S/C17H14FN5O2/c18-13-3-4-14-12(6-13)7-15(25-14)16(24)21-17-20-10-23(22-17)9-11-2-1-5-19-8-11/h1-6,8,10,15H,7,9H2,(H,21,22,24)/t15-/m0/s1. The predicted molar refractivity (Wildman–Crippen MR) is 86.5 cm³/mol. The van der Waals surface area contributed by atoms with Crippen molar-refractivity contribution < 1.29 is 13.9 Å². The SMILES string of the molecule is O=C(Nc1ncn(Cc2cccnc2)n1)[C@@H]1Cc2cc(F)ccc2O1. The number of nitrogens with one attached hydrogen (secondary N) is 1. The lowest BCUT2D eigenvalue weighted by atomic mass is 10.1. The summed E-state index contributed by atoms with van der Waals surface area (Å²) in [4.78, 5) is 20.4. The van der Waals surface area contributed by atoms with Gasteiger partial charge in [0.1, 0.15) is 17.9 Å². The Balaban J connectivity index is 1.39. The van der Waals surface area contributed by atoms with E-state index in [-0.39, 0.29) is 17.7 Å². The summed E-state index contributed by atoms with van der Waals surface area (Å²) in [6, 6.07) is 7.98. The van der Waals surface area contributed by atoms with Crippen LogP contribution in [0.5, 0.6) is 5.75 Å². The van der Waals surface area contributed by atoms with E-state index >= 15 is 0 Å². The van der Waals surface area contributed by atoms with Crippen LogP contribution in [0.2, 0.25) is 0 Å². The van der Waals surface area contributed by atoms with Gasteiger partial charge in [0.25, 0.3) is 5.91 Å². The van der Waals surface area contributed by atoms with Gasteiger partial charge in [-0.2, -0.15) is 0 Å². The Morgan fingerprint density at radius 1 is 1.40 bits per heavy atom. The first-order valence-electron chi connectivity index (χ1n) is 7.72. The Bertz CT molecular complexity index is 912. The third-order valence-corrected chi connectivity index (χ3v) is 3.83. The third kappa shape index (κ3) is 3.32. The molecule has 1 atom stereocenters. The molecule has 0 aliphatic carbocycles. The highest BCUT2D eigenvalue weighted by Gasteiger charge is 2.30. The van der Waals surface area contributed by atoms with Gasteiger partial charge >= 0.3 is 0 Å². The number of nitrogens with zero attached hydrogens (tertiary/aromatic N) is 4. The first-order valence-corrected chi connectivity index (χ1v) is 7.72. The molecule has 0 unspecified atom stereocenters. The Morgan fingerprint density at radius 2 is 2.32 bits per heavy atom. The summed E-state index contributed by atoms with van der Waals surface area (Å²) in [5.41, 5.74) is 1.65. The monoisotopic (exact) mass is 339 g/mol. The molecular weight excluding hydrogens is 325 g/mol. The van der Waals surface area contributed by atoms with E-state index in [9.17, 15) is 9.18 Å². The summed E-state index contributed by atoms with van der Waals surface area (Å²) in [5, 5.41) is 6.83. The number of hydrogen-bond acceptors (Lipinski definition) is 5. The second-order valence-electron chi connectivity index (χ2n) is 5.68. The average molecular weight is 339 g/mol. The second-order valence-corrected chi connectivity index (χ2v) is 5.68. The number of anilines is 1. The van der Waals surface area contributed by atoms with Gasteiger partial charge in [-0.05, 0) is 29.8 Å². The number of carbonyl (C=O) groups is 1. The van der Waals surface area contributed by atoms with Crippen molar-refractivity contribution in [2.75, 3.05) is 5.32 Å². The smallest absolute Gasteiger partial charge is 0.268 e. The lowest BCUT2D eigenvalue weighted by Gasteiger charge is -2.09. The highest BCUT2D eigenvalue weighted by molar-refractivity contribution is 5.93. The van der Waals surface area contributed by atoms with E-state index in [2.05, 4.69) is 20.4 Å². The number of fused-ring (bicyclic) bond motifs is 1. The Kier molecular flexibility index (Phi) is 3.85. The van der Waals surface area contributed by atoms with Gasteiger partial charge in [-0.1, -0.05) is 6.07 Å². The van der Waals surface area contributed by atoms with E-state index in [1.165, 1.54) is 24.5 Å². The van der Waals surface area contributed by atoms with Gasteiger partial charge in [0.15, 0.2) is 6.10 Å². The number of carbonyl (C=O) groups excluding carboxylic acids is 1. The van der Waals surface area contributed by atoms with Crippen LogP contribution in [0.4, 0.5) is 10.3 Å². The van der Waals surface area contributed by atoms with Crippen LogP contribution < -0.4 is 10.1 Å². The fraction of sp³-hybridized carbons (Fsp3) is 0.176. The maximum Gasteiger partial charge on any atom is 0.268 e. The molecule has 0 radical (unpaired) electrons. The average Bonchev–Trinajstić information content (AvgIpc) is 3.22. The number of aromatic nitrogens is 4. The van der Waals surface area contributed by atoms with Crippen molar-refractivity contribution in [3.05, 3.63) is 66.0 Å². The lowest BCUT2D eigenvalue weighted by molar-refractivity contribution is -0.122. The molecule has 3 aromatic rings. The first-order chi connectivity index (χ1) is 12.2. The first kappa shape index (κ1) is 15.3. The second kappa shape index (κ2) is 6.31. The van der Waals surface area contributed by atoms with E-state index in [1.807, 2.05) is 12.1 Å². The van der Waals surface area contributed by atoms with Gasteiger partial charge in [0.2, 0.25) is 5.95 Å². The van der Waals surface area contributed by atoms with Crippen LogP contribution in [0.25, 0.3) is 0 Å². The van der Waals surface area contributed by atoms with Crippen molar-refractivity contribution in [2.45, 2.75) is 19.1 Å². The lowest BCUT2D eigenvalue weighted by Crippen LogP contribution is -2.31. The quantitative estimate of drug-likeness (QED) is 0.784. The van der Waals surface area contributed by atoms with Gasteiger partial charge in [-0.25, -0.2) is 14.1 Å². The molecule has 0 spiro atoms. The molecule has 126 valence electrons. The number of benzene rings is 1. The topological polar surface area (TPSA) is 81.9 Å². The van der Waals surface area contributed by atoms with Crippen molar-refractivity contribution >= 4 is 11.9 Å². The molecule has 25 heavy (non-hydrogen) atoms. The summed E-state index contributed by atoms with van der Waals surface area (Å²) in [6.07, 6.45) is 4.56. The largest absolute Gasteiger partial charge is 0.480 e. The summed E-state index contributed by atoms with van der Waals surface area (Å²) in [6.45, 7) is 0.501. The van der Waals surface area contributed by atoms with Crippen LogP contribution in [-0.2, 0) is 17.8 Å². The fourth-order valence-electron chi connectivity index (χ4n) is 2.66. The Morgan fingerprint density at radius 3 is 3.16 bits per heavy atom. The molecule has 0 bridgehead atoms. The van der Waals surface area contributed by atoms with Crippen molar-refractivity contribution in [2.24, 2.45) is 0 Å². The van der Waals surface area contributed by atoms with Gasteiger partial charge in [0.05, 0.1) is 6.54 Å². The van der Waals surface area contributed by atoms with Crippen LogP contribution >= 0.6 is 0 Å². The molecule has 8 heteroatoms. The molecule has 0 fully saturated rings. The van der Waals surface area contributed by atoms with Gasteiger partial charge in [0, 0.05) is 24.4 Å². The number of hydrogen-bond donors (Lipinski definition) is 1.